The molecule has 0 radical (unpaired) electrons. The lowest BCUT2D eigenvalue weighted by molar-refractivity contribution is -0.120. The van der Waals surface area contributed by atoms with Crippen LogP contribution >= 0.6 is 23.2 Å². The van der Waals surface area contributed by atoms with Crippen molar-refractivity contribution >= 4 is 45.0 Å². The maximum atomic E-state index is 12.7. The fourth-order valence-electron chi connectivity index (χ4n) is 2.05. The van der Waals surface area contributed by atoms with Gasteiger partial charge in [-0.1, -0.05) is 23.2 Å². The molecule has 0 spiro atoms. The number of halogens is 2. The van der Waals surface area contributed by atoms with Gasteiger partial charge >= 0.3 is 5.97 Å². The van der Waals surface area contributed by atoms with E-state index >= 15 is 0 Å². The molecule has 2 rings (SSSR count). The third-order valence-electron chi connectivity index (χ3n) is 3.24. The summed E-state index contributed by atoms with van der Waals surface area (Å²) in [5.41, 5.74) is -0.172. The lowest BCUT2D eigenvalue weighted by atomic mass is 10.2. The van der Waals surface area contributed by atoms with Gasteiger partial charge in [0, 0.05) is 13.1 Å². The number of sulfonamides is 1. The van der Waals surface area contributed by atoms with Gasteiger partial charge in [0.1, 0.15) is 11.5 Å². The Labute approximate surface area is 149 Å². The van der Waals surface area contributed by atoms with Crippen LogP contribution in [0.1, 0.15) is 17.3 Å². The molecule has 0 bridgehead atoms. The topological polar surface area (TPSA) is 90.0 Å². The maximum absolute atomic E-state index is 12.7. The van der Waals surface area contributed by atoms with Crippen LogP contribution in [0.4, 0.5) is 0 Å². The number of ketones is 1. The van der Waals surface area contributed by atoms with Crippen LogP contribution in [0, 0.1) is 0 Å². The van der Waals surface area contributed by atoms with Gasteiger partial charge in [0.15, 0.2) is 5.78 Å². The minimum Gasteiger partial charge on any atom is -0.454 e. The Morgan fingerprint density at radius 2 is 1.83 bits per heavy atom. The Balaban J connectivity index is 2.38. The average Bonchev–Trinajstić information content (AvgIpc) is 2.53. The number of benzene rings is 1. The minimum atomic E-state index is -3.91. The van der Waals surface area contributed by atoms with Crippen LogP contribution in [0.25, 0.3) is 0 Å². The van der Waals surface area contributed by atoms with E-state index in [0.29, 0.717) is 0 Å². The first-order chi connectivity index (χ1) is 11.2. The Hall–Kier alpha value is -1.19. The van der Waals surface area contributed by atoms with Crippen LogP contribution in [0.2, 0.25) is 10.0 Å². The van der Waals surface area contributed by atoms with Crippen LogP contribution in [-0.4, -0.2) is 57.4 Å². The quantitative estimate of drug-likeness (QED) is 0.705. The largest absolute Gasteiger partial charge is 0.454 e. The Bertz CT molecular complexity index is 759. The molecule has 0 N–H and O–H groups in total. The minimum absolute atomic E-state index is 0.0607. The first kappa shape index (κ1) is 19.1. The number of morpholine rings is 1. The van der Waals surface area contributed by atoms with Crippen molar-refractivity contribution in [2.45, 2.75) is 11.8 Å². The summed E-state index contributed by atoms with van der Waals surface area (Å²) in [5.74, 6) is -1.25. The molecule has 1 aromatic rings. The third kappa shape index (κ3) is 4.25. The number of hydrogen-bond acceptors (Lipinski definition) is 6. The van der Waals surface area contributed by atoms with Gasteiger partial charge in [0.05, 0.1) is 28.8 Å². The van der Waals surface area contributed by atoms with Crippen molar-refractivity contribution in [3.63, 3.8) is 0 Å². The van der Waals surface area contributed by atoms with E-state index in [9.17, 15) is 18.0 Å². The van der Waals surface area contributed by atoms with Crippen molar-refractivity contribution in [2.75, 3.05) is 32.9 Å². The van der Waals surface area contributed by atoms with Gasteiger partial charge in [0.25, 0.3) is 0 Å². The van der Waals surface area contributed by atoms with Crippen molar-refractivity contribution in [1.29, 1.82) is 0 Å². The van der Waals surface area contributed by atoms with Gasteiger partial charge in [-0.05, 0) is 19.1 Å². The standard InChI is InChI=1S/C14H15Cl2NO6S/c1-9(18)8-23-14(19)10-6-13(12(16)7-11(10)15)24(20,21)17-2-4-22-5-3-17/h6-7H,2-5,8H2,1H3. The Morgan fingerprint density at radius 1 is 1.21 bits per heavy atom. The van der Waals surface area contributed by atoms with Gasteiger partial charge in [-0.3, -0.25) is 4.79 Å². The summed E-state index contributed by atoms with van der Waals surface area (Å²) < 4.78 is 36.5. The molecule has 1 aromatic carbocycles. The molecule has 132 valence electrons. The number of rotatable bonds is 5. The lowest BCUT2D eigenvalue weighted by Crippen LogP contribution is -2.40. The zero-order valence-corrected chi connectivity index (χ0v) is 15.1. The molecule has 1 aliphatic heterocycles. The number of esters is 1. The highest BCUT2D eigenvalue weighted by molar-refractivity contribution is 7.89. The summed E-state index contributed by atoms with van der Waals surface area (Å²) in [7, 11) is -3.91. The van der Waals surface area contributed by atoms with E-state index in [-0.39, 0.29) is 52.6 Å². The van der Waals surface area contributed by atoms with Gasteiger partial charge in [-0.25, -0.2) is 13.2 Å². The lowest BCUT2D eigenvalue weighted by Gasteiger charge is -2.26. The van der Waals surface area contributed by atoms with E-state index in [1.54, 1.807) is 0 Å². The van der Waals surface area contributed by atoms with Crippen LogP contribution in [0.15, 0.2) is 17.0 Å². The molecule has 10 heteroatoms. The number of carbonyl (C=O) groups is 2. The highest BCUT2D eigenvalue weighted by atomic mass is 35.5. The molecule has 0 aromatic heterocycles. The second-order valence-corrected chi connectivity index (χ2v) is 7.78. The summed E-state index contributed by atoms with van der Waals surface area (Å²) in [4.78, 5) is 22.7. The molecule has 1 heterocycles. The van der Waals surface area contributed by atoms with Gasteiger partial charge in [0.2, 0.25) is 10.0 Å². The third-order valence-corrected chi connectivity index (χ3v) is 5.91. The first-order valence-corrected chi connectivity index (χ1v) is 9.16. The normalized spacial score (nSPS) is 16.0. The van der Waals surface area contributed by atoms with Gasteiger partial charge < -0.3 is 9.47 Å². The van der Waals surface area contributed by atoms with E-state index in [2.05, 4.69) is 0 Å². The van der Waals surface area contributed by atoms with Crippen LogP contribution in [0.5, 0.6) is 0 Å². The molecular weight excluding hydrogens is 381 g/mol. The van der Waals surface area contributed by atoms with Crippen LogP contribution < -0.4 is 0 Å². The monoisotopic (exact) mass is 395 g/mol. The van der Waals surface area contributed by atoms with Crippen molar-refractivity contribution in [1.82, 2.24) is 4.31 Å². The molecule has 1 fully saturated rings. The zero-order valence-electron chi connectivity index (χ0n) is 12.8. The molecule has 0 unspecified atom stereocenters. The average molecular weight is 396 g/mol. The van der Waals surface area contributed by atoms with E-state index in [1.807, 2.05) is 0 Å². The molecule has 0 amide bonds. The molecule has 0 atom stereocenters. The predicted octanol–water partition coefficient (Wildman–Crippen LogP) is 1.76. The highest BCUT2D eigenvalue weighted by Crippen LogP contribution is 2.31. The summed E-state index contributed by atoms with van der Waals surface area (Å²) in [6.07, 6.45) is 0. The van der Waals surface area contributed by atoms with E-state index in [1.165, 1.54) is 17.3 Å². The van der Waals surface area contributed by atoms with Gasteiger partial charge in [-0.2, -0.15) is 4.31 Å². The van der Waals surface area contributed by atoms with Crippen molar-refractivity contribution < 1.29 is 27.5 Å². The first-order valence-electron chi connectivity index (χ1n) is 6.97. The molecule has 7 nitrogen and oxygen atoms in total. The summed E-state index contributed by atoms with van der Waals surface area (Å²) >= 11 is 12.0. The summed E-state index contributed by atoms with van der Waals surface area (Å²) in [6.45, 7) is 1.75. The van der Waals surface area contributed by atoms with E-state index in [4.69, 9.17) is 32.7 Å². The second-order valence-electron chi connectivity index (χ2n) is 5.06. The maximum Gasteiger partial charge on any atom is 0.340 e. The van der Waals surface area contributed by atoms with Crippen molar-refractivity contribution in [3.05, 3.63) is 27.7 Å². The zero-order chi connectivity index (χ0) is 17.9. The summed E-state index contributed by atoms with van der Waals surface area (Å²) in [5, 5.41) is -0.163. The molecule has 0 aliphatic carbocycles. The Kier molecular flexibility index (Phi) is 6.22. The van der Waals surface area contributed by atoms with Crippen LogP contribution in [-0.2, 0) is 24.3 Å². The molecule has 0 saturated carbocycles. The number of carbonyl (C=O) groups excluding carboxylic acids is 2. The molecule has 1 aliphatic rings. The second kappa shape index (κ2) is 7.79. The predicted molar refractivity (Wildman–Crippen MR) is 87.0 cm³/mol. The fourth-order valence-corrected chi connectivity index (χ4v) is 4.29. The highest BCUT2D eigenvalue weighted by Gasteiger charge is 2.30. The van der Waals surface area contributed by atoms with Crippen LogP contribution in [0.3, 0.4) is 0 Å². The fraction of sp³-hybridized carbons (Fsp3) is 0.429. The van der Waals surface area contributed by atoms with Crippen molar-refractivity contribution in [3.8, 4) is 0 Å². The Morgan fingerprint density at radius 3 is 2.42 bits per heavy atom. The van der Waals surface area contributed by atoms with Gasteiger partial charge in [-0.15, -0.1) is 0 Å². The van der Waals surface area contributed by atoms with Crippen molar-refractivity contribution in [2.24, 2.45) is 0 Å². The van der Waals surface area contributed by atoms with E-state index in [0.717, 1.165) is 6.07 Å². The number of ether oxygens (including phenoxy) is 2. The number of Topliss-reactive ketones (excluding diaryl/α,β-unsaturated/α-hetero) is 1. The molecular formula is C14H15Cl2NO6S. The van der Waals surface area contributed by atoms with E-state index < -0.39 is 22.6 Å². The molecule has 24 heavy (non-hydrogen) atoms. The molecule has 1 saturated heterocycles. The number of hydrogen-bond donors (Lipinski definition) is 0. The number of nitrogens with zero attached hydrogens (tertiary/aromatic N) is 1. The smallest absolute Gasteiger partial charge is 0.340 e. The summed E-state index contributed by atoms with van der Waals surface area (Å²) in [6, 6.07) is 2.23. The SMILES string of the molecule is CC(=O)COC(=O)c1cc(S(=O)(=O)N2CCOCC2)c(Cl)cc1Cl.